The van der Waals surface area contributed by atoms with Crippen molar-refractivity contribution in [1.29, 1.82) is 0 Å². The molecule has 21 heavy (non-hydrogen) atoms. The lowest BCUT2D eigenvalue weighted by Crippen LogP contribution is -2.29. The summed E-state index contributed by atoms with van der Waals surface area (Å²) in [4.78, 5) is 22.0. The molecule has 0 saturated carbocycles. The number of amides is 1. The van der Waals surface area contributed by atoms with Crippen LogP contribution in [0.3, 0.4) is 0 Å². The van der Waals surface area contributed by atoms with Gasteiger partial charge in [-0.15, -0.1) is 0 Å². The van der Waals surface area contributed by atoms with Gasteiger partial charge in [-0.1, -0.05) is 12.1 Å². The van der Waals surface area contributed by atoms with Crippen molar-refractivity contribution in [2.45, 2.75) is 0 Å². The molecule has 2 aromatic rings. The van der Waals surface area contributed by atoms with Crippen molar-refractivity contribution in [2.24, 2.45) is 0 Å². The molecule has 2 rings (SSSR count). The van der Waals surface area contributed by atoms with Crippen molar-refractivity contribution in [3.05, 3.63) is 59.7 Å². The second-order valence-corrected chi connectivity index (χ2v) is 4.28. The fraction of sp³-hybridized carbons (Fsp3) is 0.0667. The van der Waals surface area contributed by atoms with Crippen LogP contribution in [0.25, 0.3) is 11.1 Å². The van der Waals surface area contributed by atoms with Crippen molar-refractivity contribution in [3.8, 4) is 11.1 Å². The van der Waals surface area contributed by atoms with E-state index < -0.39 is 30.1 Å². The summed E-state index contributed by atoms with van der Waals surface area (Å²) in [6.45, 7) is -0.479. The molecule has 6 heteroatoms. The molecule has 108 valence electrons. The molecule has 0 spiro atoms. The summed E-state index contributed by atoms with van der Waals surface area (Å²) in [5, 5.41) is 10.7. The molecule has 0 aromatic heterocycles. The van der Waals surface area contributed by atoms with E-state index in [-0.39, 0.29) is 11.1 Å². The zero-order chi connectivity index (χ0) is 15.4. The highest BCUT2D eigenvalue weighted by atomic mass is 19.1. The van der Waals surface area contributed by atoms with Crippen molar-refractivity contribution < 1.29 is 23.5 Å². The molecule has 2 aromatic carbocycles. The predicted octanol–water partition coefficient (Wildman–Crippen LogP) is 2.45. The maximum atomic E-state index is 13.6. The van der Waals surface area contributed by atoms with E-state index in [1.54, 1.807) is 0 Å². The van der Waals surface area contributed by atoms with Crippen LogP contribution in [-0.4, -0.2) is 23.5 Å². The van der Waals surface area contributed by atoms with Crippen LogP contribution >= 0.6 is 0 Å². The molecule has 0 aliphatic rings. The predicted molar refractivity (Wildman–Crippen MR) is 71.8 cm³/mol. The van der Waals surface area contributed by atoms with Gasteiger partial charge in [0.25, 0.3) is 5.91 Å². The van der Waals surface area contributed by atoms with Gasteiger partial charge in [-0.2, -0.15) is 0 Å². The van der Waals surface area contributed by atoms with E-state index in [0.717, 1.165) is 12.1 Å². The Balaban J connectivity index is 2.18. The Morgan fingerprint density at radius 2 is 1.71 bits per heavy atom. The topological polar surface area (TPSA) is 66.4 Å². The van der Waals surface area contributed by atoms with E-state index in [4.69, 9.17) is 5.11 Å². The number of carboxylic acids is 1. The third-order valence-electron chi connectivity index (χ3n) is 2.79. The van der Waals surface area contributed by atoms with Gasteiger partial charge in [0.1, 0.15) is 18.2 Å². The van der Waals surface area contributed by atoms with Gasteiger partial charge in [0.15, 0.2) is 0 Å². The number of halogens is 2. The second-order valence-electron chi connectivity index (χ2n) is 4.28. The highest BCUT2D eigenvalue weighted by molar-refractivity contribution is 5.96. The summed E-state index contributed by atoms with van der Waals surface area (Å²) in [6, 6.07) is 9.13. The normalized spacial score (nSPS) is 10.2. The Bertz CT molecular complexity index is 684. The average molecular weight is 291 g/mol. The Morgan fingerprint density at radius 1 is 1.05 bits per heavy atom. The fourth-order valence-electron chi connectivity index (χ4n) is 1.78. The lowest BCUT2D eigenvalue weighted by Gasteiger charge is -2.06. The fourth-order valence-corrected chi connectivity index (χ4v) is 1.78. The first-order valence-corrected chi connectivity index (χ1v) is 6.03. The largest absolute Gasteiger partial charge is 0.480 e. The van der Waals surface area contributed by atoms with Crippen LogP contribution in [0.5, 0.6) is 0 Å². The van der Waals surface area contributed by atoms with E-state index in [9.17, 15) is 18.4 Å². The zero-order valence-corrected chi connectivity index (χ0v) is 10.8. The number of carboxylic acid groups (broad SMARTS) is 1. The number of hydrogen-bond acceptors (Lipinski definition) is 2. The molecule has 0 atom stereocenters. The van der Waals surface area contributed by atoms with E-state index in [2.05, 4.69) is 5.32 Å². The lowest BCUT2D eigenvalue weighted by atomic mass is 10.0. The van der Waals surface area contributed by atoms with E-state index >= 15 is 0 Å². The number of nitrogens with one attached hydrogen (secondary N) is 1. The van der Waals surface area contributed by atoms with Gasteiger partial charge in [-0.3, -0.25) is 9.59 Å². The first-order valence-electron chi connectivity index (χ1n) is 6.03. The third kappa shape index (κ3) is 3.62. The molecule has 1 amide bonds. The lowest BCUT2D eigenvalue weighted by molar-refractivity contribution is -0.135. The van der Waals surface area contributed by atoms with Gasteiger partial charge >= 0.3 is 5.97 Å². The SMILES string of the molecule is O=C(O)CNC(=O)c1ccc(-c2ccc(F)cc2F)cc1. The molecule has 2 N–H and O–H groups in total. The number of rotatable bonds is 4. The van der Waals surface area contributed by atoms with Gasteiger partial charge in [0, 0.05) is 17.2 Å². The Morgan fingerprint density at radius 3 is 2.29 bits per heavy atom. The summed E-state index contributed by atoms with van der Waals surface area (Å²) in [5.41, 5.74) is 0.957. The molecule has 0 bridgehead atoms. The molecular weight excluding hydrogens is 280 g/mol. The molecule has 0 heterocycles. The van der Waals surface area contributed by atoms with Crippen LogP contribution in [0.1, 0.15) is 10.4 Å². The Labute approximate surface area is 119 Å². The van der Waals surface area contributed by atoms with E-state index in [0.29, 0.717) is 5.56 Å². The number of carbonyl (C=O) groups excluding carboxylic acids is 1. The average Bonchev–Trinajstić information content (AvgIpc) is 2.45. The van der Waals surface area contributed by atoms with Crippen molar-refractivity contribution in [3.63, 3.8) is 0 Å². The van der Waals surface area contributed by atoms with E-state index in [1.165, 1.54) is 30.3 Å². The van der Waals surface area contributed by atoms with Crippen LogP contribution in [0, 0.1) is 11.6 Å². The maximum Gasteiger partial charge on any atom is 0.322 e. The van der Waals surface area contributed by atoms with Crippen molar-refractivity contribution in [1.82, 2.24) is 5.32 Å². The minimum Gasteiger partial charge on any atom is -0.480 e. The number of hydrogen-bond donors (Lipinski definition) is 2. The first-order chi connectivity index (χ1) is 9.97. The molecular formula is C15H11F2NO3. The summed E-state index contributed by atoms with van der Waals surface area (Å²) < 4.78 is 26.5. The highest BCUT2D eigenvalue weighted by Gasteiger charge is 2.09. The highest BCUT2D eigenvalue weighted by Crippen LogP contribution is 2.23. The molecule has 0 aliphatic carbocycles. The number of carbonyl (C=O) groups is 2. The number of aliphatic carboxylic acids is 1. The Kier molecular flexibility index (Phi) is 4.27. The maximum absolute atomic E-state index is 13.6. The van der Waals surface area contributed by atoms with Crippen LogP contribution < -0.4 is 5.32 Å². The Hall–Kier alpha value is -2.76. The zero-order valence-electron chi connectivity index (χ0n) is 10.8. The number of benzene rings is 2. The van der Waals surface area contributed by atoms with Crippen LogP contribution in [0.15, 0.2) is 42.5 Å². The summed E-state index contributed by atoms with van der Waals surface area (Å²) in [5.74, 6) is -3.05. The molecule has 0 fully saturated rings. The van der Waals surface area contributed by atoms with Crippen LogP contribution in [0.4, 0.5) is 8.78 Å². The van der Waals surface area contributed by atoms with Crippen molar-refractivity contribution >= 4 is 11.9 Å². The van der Waals surface area contributed by atoms with Gasteiger partial charge < -0.3 is 10.4 Å². The molecule has 0 radical (unpaired) electrons. The van der Waals surface area contributed by atoms with E-state index in [1.807, 2.05) is 0 Å². The minimum atomic E-state index is -1.15. The molecule has 0 unspecified atom stereocenters. The minimum absolute atomic E-state index is 0.217. The summed E-state index contributed by atoms with van der Waals surface area (Å²) >= 11 is 0. The van der Waals surface area contributed by atoms with Gasteiger partial charge in [-0.05, 0) is 29.8 Å². The van der Waals surface area contributed by atoms with Gasteiger partial charge in [0.2, 0.25) is 0 Å². The monoisotopic (exact) mass is 291 g/mol. The summed E-state index contributed by atoms with van der Waals surface area (Å²) in [6.07, 6.45) is 0. The standard InChI is InChI=1S/C15H11F2NO3/c16-11-5-6-12(13(17)7-11)9-1-3-10(4-2-9)15(21)18-8-14(19)20/h1-7H,8H2,(H,18,21)(H,19,20). The first kappa shape index (κ1) is 14.6. The summed E-state index contributed by atoms with van der Waals surface area (Å²) in [7, 11) is 0. The molecule has 0 saturated heterocycles. The second kappa shape index (κ2) is 6.13. The van der Waals surface area contributed by atoms with Crippen LogP contribution in [-0.2, 0) is 4.79 Å². The smallest absolute Gasteiger partial charge is 0.322 e. The third-order valence-corrected chi connectivity index (χ3v) is 2.79. The van der Waals surface area contributed by atoms with Gasteiger partial charge in [0.05, 0.1) is 0 Å². The van der Waals surface area contributed by atoms with Gasteiger partial charge in [-0.25, -0.2) is 8.78 Å². The quantitative estimate of drug-likeness (QED) is 0.909. The van der Waals surface area contributed by atoms with Crippen molar-refractivity contribution in [2.75, 3.05) is 6.54 Å². The van der Waals surface area contributed by atoms with Crippen LogP contribution in [0.2, 0.25) is 0 Å². The molecule has 0 aliphatic heterocycles. The molecule has 4 nitrogen and oxygen atoms in total.